The number of carbonyl (C=O) groups is 2. The topological polar surface area (TPSA) is 139 Å². The van der Waals surface area contributed by atoms with Gasteiger partial charge in [0, 0.05) is 0 Å². The molecule has 1 rings (SSSR count). The molecule has 0 bridgehead atoms. The number of hydrogen-bond acceptors (Lipinski definition) is 6. The van der Waals surface area contributed by atoms with Crippen molar-refractivity contribution >= 4 is 11.8 Å². The number of rotatable bonds is 45. The highest BCUT2D eigenvalue weighted by Crippen LogP contribution is 2.27. The molecule has 8 heteroatoms. The summed E-state index contributed by atoms with van der Waals surface area (Å²) in [4.78, 5) is 26.2. The van der Waals surface area contributed by atoms with E-state index in [2.05, 4.69) is 31.4 Å². The zero-order chi connectivity index (χ0) is 44.8. The van der Waals surface area contributed by atoms with E-state index in [4.69, 9.17) is 0 Å². The highest BCUT2D eigenvalue weighted by Gasteiger charge is 2.33. The highest BCUT2D eigenvalue weighted by atomic mass is 16.3. The molecule has 1 fully saturated rings. The number of unbranched alkanes of at least 4 members (excludes halogenated alkanes) is 23. The van der Waals surface area contributed by atoms with Gasteiger partial charge in [0.15, 0.2) is 0 Å². The van der Waals surface area contributed by atoms with Crippen molar-refractivity contribution in [2.45, 2.75) is 315 Å². The van der Waals surface area contributed by atoms with Crippen LogP contribution in [0.2, 0.25) is 0 Å². The average Bonchev–Trinajstić information content (AvgIpc) is 3.22. The van der Waals surface area contributed by atoms with Gasteiger partial charge in [-0.05, 0) is 76.5 Å². The smallest absolute Gasteiger partial charge is 0.243 e. The molecule has 1 heterocycles. The Morgan fingerprint density at radius 2 is 0.639 bits per heavy atom. The van der Waals surface area contributed by atoms with E-state index < -0.39 is 18.2 Å². The first-order valence-corrected chi connectivity index (χ1v) is 26.9. The van der Waals surface area contributed by atoms with Crippen LogP contribution in [-0.2, 0) is 9.59 Å². The van der Waals surface area contributed by atoms with Crippen LogP contribution in [0.5, 0.6) is 0 Å². The molecule has 8 nitrogen and oxygen atoms in total. The minimum Gasteiger partial charge on any atom is -0.393 e. The molecule has 1 aliphatic rings. The van der Waals surface area contributed by atoms with Gasteiger partial charge in [-0.15, -0.1) is 0 Å². The van der Waals surface area contributed by atoms with Crippen LogP contribution in [0.25, 0.3) is 0 Å². The Morgan fingerprint density at radius 3 is 0.934 bits per heavy atom. The standard InChI is InChI=1S/C53H104N2O6/c1-5-8-11-14-17-20-23-26-35-47(57)41-45(40-44(4)56)33-29-31-38-50-52(60)55-51(53(61)54-50)39-32-30-34-46(42-48(58)36-27-24-21-18-15-12-9-6-2)43-49(59)37-28-25-22-19-16-13-10-7-3/h44-51,56-59H,5-43H2,1-4H3,(H,54,61)(H,55,60). The SMILES string of the molecule is CCCCCCCCCCC(O)CC(CCCCC1NC(=O)C(CCCCC(CC(O)CCCCCCCCCC)CC(O)CCCCCCCCCC)NC1=O)CC(C)O. The maximum absolute atomic E-state index is 13.1. The summed E-state index contributed by atoms with van der Waals surface area (Å²) in [7, 11) is 0. The Kier molecular flexibility index (Phi) is 38.2. The van der Waals surface area contributed by atoms with Gasteiger partial charge >= 0.3 is 0 Å². The number of carbonyl (C=O) groups excluding carboxylic acids is 2. The van der Waals surface area contributed by atoms with Crippen LogP contribution in [-0.4, -0.2) is 68.7 Å². The van der Waals surface area contributed by atoms with Crippen molar-refractivity contribution in [3.05, 3.63) is 0 Å². The van der Waals surface area contributed by atoms with Gasteiger partial charge in [-0.3, -0.25) is 9.59 Å². The molecule has 1 aliphatic heterocycles. The Morgan fingerprint density at radius 1 is 0.377 bits per heavy atom. The van der Waals surface area contributed by atoms with Crippen molar-refractivity contribution in [3.63, 3.8) is 0 Å². The van der Waals surface area contributed by atoms with Crippen molar-refractivity contribution in [2.24, 2.45) is 11.8 Å². The van der Waals surface area contributed by atoms with Gasteiger partial charge in [-0.2, -0.15) is 0 Å². The van der Waals surface area contributed by atoms with E-state index >= 15 is 0 Å². The highest BCUT2D eigenvalue weighted by molar-refractivity contribution is 5.96. The predicted octanol–water partition coefficient (Wildman–Crippen LogP) is 12.9. The number of amides is 2. The molecule has 0 aliphatic carbocycles. The lowest BCUT2D eigenvalue weighted by atomic mass is 9.87. The summed E-state index contributed by atoms with van der Waals surface area (Å²) in [6.45, 7) is 8.57. The number of piperazine rings is 1. The summed E-state index contributed by atoms with van der Waals surface area (Å²) in [5.74, 6) is 0.306. The Balaban J connectivity index is 2.47. The van der Waals surface area contributed by atoms with Gasteiger partial charge in [0.05, 0.1) is 24.4 Å². The van der Waals surface area contributed by atoms with E-state index in [-0.39, 0.29) is 42.0 Å². The lowest BCUT2D eigenvalue weighted by Gasteiger charge is -2.30. The maximum Gasteiger partial charge on any atom is 0.243 e. The molecule has 7 atom stereocenters. The van der Waals surface area contributed by atoms with Crippen LogP contribution in [0.1, 0.15) is 278 Å². The van der Waals surface area contributed by atoms with Crippen LogP contribution in [0, 0.1) is 11.8 Å². The van der Waals surface area contributed by atoms with Crippen LogP contribution < -0.4 is 10.6 Å². The predicted molar refractivity (Wildman–Crippen MR) is 258 cm³/mol. The quantitative estimate of drug-likeness (QED) is 0.0337. The number of nitrogens with one attached hydrogen (secondary N) is 2. The molecule has 0 aromatic heterocycles. The fraction of sp³-hybridized carbons (Fsp3) is 0.962. The van der Waals surface area contributed by atoms with E-state index in [9.17, 15) is 30.0 Å². The van der Waals surface area contributed by atoms with Gasteiger partial charge in [0.2, 0.25) is 11.8 Å². The summed E-state index contributed by atoms with van der Waals surface area (Å²) in [5, 5.41) is 49.0. The van der Waals surface area contributed by atoms with Crippen molar-refractivity contribution in [2.75, 3.05) is 0 Å². The number of hydrogen-bond donors (Lipinski definition) is 6. The van der Waals surface area contributed by atoms with Crippen molar-refractivity contribution in [3.8, 4) is 0 Å². The lowest BCUT2D eigenvalue weighted by molar-refractivity contribution is -0.137. The summed E-state index contributed by atoms with van der Waals surface area (Å²) in [6, 6.07) is -1.03. The van der Waals surface area contributed by atoms with Gasteiger partial charge in [0.1, 0.15) is 12.1 Å². The molecule has 2 amide bonds. The Bertz CT molecular complexity index is 968. The number of aliphatic hydroxyl groups excluding tert-OH is 4. The molecule has 0 radical (unpaired) electrons. The minimum atomic E-state index is -0.514. The zero-order valence-corrected chi connectivity index (χ0v) is 40.8. The van der Waals surface area contributed by atoms with Crippen LogP contribution in [0.15, 0.2) is 0 Å². The molecule has 0 aromatic carbocycles. The van der Waals surface area contributed by atoms with E-state index in [1.807, 2.05) is 6.92 Å². The zero-order valence-electron chi connectivity index (χ0n) is 40.8. The first-order valence-electron chi connectivity index (χ1n) is 26.9. The fourth-order valence-corrected chi connectivity index (χ4v) is 9.84. The summed E-state index contributed by atoms with van der Waals surface area (Å²) in [5.41, 5.74) is 0. The largest absolute Gasteiger partial charge is 0.393 e. The van der Waals surface area contributed by atoms with Crippen molar-refractivity contribution in [1.29, 1.82) is 0 Å². The molecular formula is C53H104N2O6. The maximum atomic E-state index is 13.1. The Hall–Kier alpha value is -1.22. The van der Waals surface area contributed by atoms with Gasteiger partial charge < -0.3 is 31.1 Å². The third-order valence-corrected chi connectivity index (χ3v) is 13.6. The van der Waals surface area contributed by atoms with Gasteiger partial charge in [-0.1, -0.05) is 213 Å². The third-order valence-electron chi connectivity index (χ3n) is 13.6. The molecular weight excluding hydrogens is 761 g/mol. The summed E-state index contributed by atoms with van der Waals surface area (Å²) in [6.07, 6.45) is 40.5. The van der Waals surface area contributed by atoms with E-state index in [0.29, 0.717) is 25.7 Å². The molecule has 7 unspecified atom stereocenters. The third kappa shape index (κ3) is 33.9. The Labute approximate surface area is 377 Å². The normalized spacial score (nSPS) is 18.7. The monoisotopic (exact) mass is 865 g/mol. The van der Waals surface area contributed by atoms with E-state index in [1.54, 1.807) is 0 Å². The molecule has 362 valence electrons. The van der Waals surface area contributed by atoms with Crippen LogP contribution in [0.3, 0.4) is 0 Å². The second-order valence-corrected chi connectivity index (χ2v) is 20.0. The van der Waals surface area contributed by atoms with Crippen molar-refractivity contribution < 1.29 is 30.0 Å². The second kappa shape index (κ2) is 40.3. The summed E-state index contributed by atoms with van der Waals surface area (Å²) >= 11 is 0. The van der Waals surface area contributed by atoms with E-state index in [1.165, 1.54) is 135 Å². The molecule has 0 aromatic rings. The van der Waals surface area contributed by atoms with Gasteiger partial charge in [-0.25, -0.2) is 0 Å². The van der Waals surface area contributed by atoms with Crippen LogP contribution in [0.4, 0.5) is 0 Å². The molecule has 1 saturated heterocycles. The van der Waals surface area contributed by atoms with E-state index in [0.717, 1.165) is 89.9 Å². The summed E-state index contributed by atoms with van der Waals surface area (Å²) < 4.78 is 0. The fourth-order valence-electron chi connectivity index (χ4n) is 9.84. The average molecular weight is 865 g/mol. The minimum absolute atomic E-state index is 0.0983. The first kappa shape index (κ1) is 57.8. The first-order chi connectivity index (χ1) is 29.6. The van der Waals surface area contributed by atoms with Crippen LogP contribution >= 0.6 is 0 Å². The molecule has 0 spiro atoms. The molecule has 0 saturated carbocycles. The van der Waals surface area contributed by atoms with Gasteiger partial charge in [0.25, 0.3) is 0 Å². The molecule has 61 heavy (non-hydrogen) atoms. The molecule has 6 N–H and O–H groups in total. The van der Waals surface area contributed by atoms with Crippen molar-refractivity contribution in [1.82, 2.24) is 10.6 Å². The lowest BCUT2D eigenvalue weighted by Crippen LogP contribution is -2.61. The number of aliphatic hydroxyl groups is 4. The second-order valence-electron chi connectivity index (χ2n) is 20.0.